The molecule has 198 valence electrons. The van der Waals surface area contributed by atoms with E-state index < -0.39 is 17.6 Å². The Labute approximate surface area is 226 Å². The zero-order chi connectivity index (χ0) is 25.7. The third-order valence-corrected chi connectivity index (χ3v) is 7.66. The molecular weight excluding hydrogens is 505 g/mol. The Kier molecular flexibility index (Phi) is 7.16. The van der Waals surface area contributed by atoms with E-state index in [1.54, 1.807) is 18.4 Å². The molecule has 6 rings (SSSR count). The summed E-state index contributed by atoms with van der Waals surface area (Å²) >= 11 is 0. The quantitative estimate of drug-likeness (QED) is 0.286. The van der Waals surface area contributed by atoms with Crippen LogP contribution >= 0.6 is 12.4 Å². The zero-order valence-corrected chi connectivity index (χ0v) is 22.2. The first-order valence-electron chi connectivity index (χ1n) is 13.0. The number of aromatic nitrogens is 1. The third kappa shape index (κ3) is 4.44. The molecule has 2 aromatic heterocycles. The van der Waals surface area contributed by atoms with Gasteiger partial charge in [0.05, 0.1) is 22.9 Å². The number of amides is 2. The topological polar surface area (TPSA) is 76.3 Å². The first-order valence-corrected chi connectivity index (χ1v) is 13.0. The summed E-state index contributed by atoms with van der Waals surface area (Å²) < 4.78 is 23.2. The van der Waals surface area contributed by atoms with Crippen molar-refractivity contribution in [1.29, 1.82) is 0 Å². The molecule has 1 aliphatic carbocycles. The van der Waals surface area contributed by atoms with Gasteiger partial charge in [-0.05, 0) is 56.3 Å². The molecule has 0 spiro atoms. The normalized spacial score (nSPS) is 20.0. The minimum absolute atomic E-state index is 0. The molecule has 0 unspecified atom stereocenters. The highest BCUT2D eigenvalue weighted by Crippen LogP contribution is 2.41. The Morgan fingerprint density at radius 1 is 1.00 bits per heavy atom. The standard InChI is InChI=1S/C30H30FN3O3.ClH/c1-17(2)15-32-19-9-11-20(12-10-19)34-16-22(25-23(31)7-4-8-24(25)34)27-26(29(35)33-30(27)36)21-6-3-5-18-13-14-37-28(18)21;/h3-8,13-14,16-17,19-20,32H,9-12,15H2,1-2H3,(H,33,35,36);1H. The number of imide groups is 1. The second kappa shape index (κ2) is 10.4. The molecule has 1 saturated carbocycles. The number of para-hydroxylation sites is 1. The van der Waals surface area contributed by atoms with E-state index >= 15 is 4.39 Å². The lowest BCUT2D eigenvalue weighted by Gasteiger charge is -2.31. The van der Waals surface area contributed by atoms with Crippen LogP contribution in [0, 0.1) is 11.7 Å². The second-order valence-corrected chi connectivity index (χ2v) is 10.6. The molecule has 2 amide bonds. The van der Waals surface area contributed by atoms with Crippen LogP contribution in [0.15, 0.2) is 59.3 Å². The van der Waals surface area contributed by atoms with E-state index in [1.807, 2.05) is 30.5 Å². The number of hydrogen-bond donors (Lipinski definition) is 2. The lowest BCUT2D eigenvalue weighted by molar-refractivity contribution is -0.122. The third-order valence-electron chi connectivity index (χ3n) is 7.66. The molecule has 1 aliphatic heterocycles. The van der Waals surface area contributed by atoms with Crippen LogP contribution in [0.5, 0.6) is 0 Å². The van der Waals surface area contributed by atoms with Crippen molar-refractivity contribution in [2.75, 3.05) is 6.54 Å². The van der Waals surface area contributed by atoms with Gasteiger partial charge in [-0.3, -0.25) is 14.9 Å². The summed E-state index contributed by atoms with van der Waals surface area (Å²) in [7, 11) is 0. The van der Waals surface area contributed by atoms with Crippen molar-refractivity contribution >= 4 is 57.2 Å². The Hall–Kier alpha value is -3.42. The molecule has 0 saturated heterocycles. The smallest absolute Gasteiger partial charge is 0.259 e. The van der Waals surface area contributed by atoms with Crippen LogP contribution in [0.2, 0.25) is 0 Å². The number of fused-ring (bicyclic) bond motifs is 2. The van der Waals surface area contributed by atoms with Crippen molar-refractivity contribution in [3.63, 3.8) is 0 Å². The summed E-state index contributed by atoms with van der Waals surface area (Å²) in [5.41, 5.74) is 2.63. The fourth-order valence-electron chi connectivity index (χ4n) is 5.88. The lowest BCUT2D eigenvalue weighted by atomic mass is 9.90. The summed E-state index contributed by atoms with van der Waals surface area (Å²) in [5, 5.41) is 7.29. The Bertz CT molecular complexity index is 1560. The number of nitrogens with zero attached hydrogens (tertiary/aromatic N) is 1. The van der Waals surface area contributed by atoms with Gasteiger partial charge in [0.1, 0.15) is 11.4 Å². The van der Waals surface area contributed by atoms with E-state index in [1.165, 1.54) is 6.07 Å². The van der Waals surface area contributed by atoms with Gasteiger partial charge >= 0.3 is 0 Å². The van der Waals surface area contributed by atoms with Gasteiger partial charge in [-0.15, -0.1) is 12.4 Å². The van der Waals surface area contributed by atoms with Gasteiger partial charge in [0.15, 0.2) is 0 Å². The minimum Gasteiger partial charge on any atom is -0.464 e. The van der Waals surface area contributed by atoms with Gasteiger partial charge in [-0.1, -0.05) is 38.1 Å². The molecule has 4 aromatic rings. The Balaban J connectivity index is 0.00000294. The zero-order valence-electron chi connectivity index (χ0n) is 21.4. The number of nitrogens with one attached hydrogen (secondary N) is 2. The SMILES string of the molecule is CC(C)CNC1CCC(n2cc(C3=C(c4cccc5ccoc45)C(=O)NC3=O)c3c(F)cccc32)CC1.Cl. The van der Waals surface area contributed by atoms with Gasteiger partial charge in [-0.2, -0.15) is 0 Å². The van der Waals surface area contributed by atoms with Crippen molar-refractivity contribution < 1.29 is 18.4 Å². The Morgan fingerprint density at radius 2 is 1.71 bits per heavy atom. The number of rotatable bonds is 6. The molecular formula is C30H31ClFN3O3. The average Bonchev–Trinajstić information content (AvgIpc) is 3.58. The van der Waals surface area contributed by atoms with Crippen LogP contribution in [0.4, 0.5) is 4.39 Å². The minimum atomic E-state index is -0.521. The van der Waals surface area contributed by atoms with Crippen LogP contribution in [0.25, 0.3) is 33.0 Å². The number of furan rings is 1. The maximum Gasteiger partial charge on any atom is 0.259 e. The molecule has 3 heterocycles. The number of halogens is 2. The van der Waals surface area contributed by atoms with E-state index in [0.29, 0.717) is 34.1 Å². The Morgan fingerprint density at radius 3 is 2.45 bits per heavy atom. The summed E-state index contributed by atoms with van der Waals surface area (Å²) in [6.07, 6.45) is 7.41. The highest BCUT2D eigenvalue weighted by molar-refractivity contribution is 6.50. The number of carbonyl (C=O) groups is 2. The molecule has 2 N–H and O–H groups in total. The summed E-state index contributed by atoms with van der Waals surface area (Å²) in [6.45, 7) is 5.42. The summed E-state index contributed by atoms with van der Waals surface area (Å²) in [6, 6.07) is 13.0. The first kappa shape index (κ1) is 26.2. The molecule has 1 fully saturated rings. The molecule has 0 bridgehead atoms. The van der Waals surface area contributed by atoms with E-state index in [2.05, 4.69) is 29.0 Å². The lowest BCUT2D eigenvalue weighted by Crippen LogP contribution is -2.35. The molecule has 2 aromatic carbocycles. The van der Waals surface area contributed by atoms with Gasteiger partial charge < -0.3 is 14.3 Å². The fraction of sp³-hybridized carbons (Fsp3) is 0.333. The van der Waals surface area contributed by atoms with E-state index in [0.717, 1.165) is 43.1 Å². The van der Waals surface area contributed by atoms with Crippen LogP contribution < -0.4 is 10.6 Å². The predicted octanol–water partition coefficient (Wildman–Crippen LogP) is 6.24. The molecule has 0 radical (unpaired) electrons. The number of benzene rings is 2. The van der Waals surface area contributed by atoms with Crippen LogP contribution in [0.1, 0.15) is 56.7 Å². The molecule has 8 heteroatoms. The highest BCUT2D eigenvalue weighted by Gasteiger charge is 2.36. The largest absolute Gasteiger partial charge is 0.464 e. The van der Waals surface area contributed by atoms with Crippen molar-refractivity contribution in [2.24, 2.45) is 5.92 Å². The number of carbonyl (C=O) groups excluding carboxylic acids is 2. The molecule has 0 atom stereocenters. The van der Waals surface area contributed by atoms with E-state index in [-0.39, 0.29) is 29.6 Å². The van der Waals surface area contributed by atoms with Gasteiger partial charge in [0, 0.05) is 40.2 Å². The van der Waals surface area contributed by atoms with Crippen LogP contribution in [-0.4, -0.2) is 29.0 Å². The summed E-state index contributed by atoms with van der Waals surface area (Å²) in [4.78, 5) is 26.3. The van der Waals surface area contributed by atoms with E-state index in [4.69, 9.17) is 4.42 Å². The highest BCUT2D eigenvalue weighted by atomic mass is 35.5. The molecule has 6 nitrogen and oxygen atoms in total. The van der Waals surface area contributed by atoms with Gasteiger partial charge in [-0.25, -0.2) is 4.39 Å². The van der Waals surface area contributed by atoms with Crippen molar-refractivity contribution in [3.05, 3.63) is 71.9 Å². The van der Waals surface area contributed by atoms with Gasteiger partial charge in [0.25, 0.3) is 11.8 Å². The monoisotopic (exact) mass is 535 g/mol. The van der Waals surface area contributed by atoms with Crippen molar-refractivity contribution in [2.45, 2.75) is 51.6 Å². The fourth-order valence-corrected chi connectivity index (χ4v) is 5.88. The average molecular weight is 536 g/mol. The van der Waals surface area contributed by atoms with Crippen LogP contribution in [0.3, 0.4) is 0 Å². The summed E-state index contributed by atoms with van der Waals surface area (Å²) in [5.74, 6) is -0.828. The molecule has 38 heavy (non-hydrogen) atoms. The second-order valence-electron chi connectivity index (χ2n) is 10.6. The maximum atomic E-state index is 15.4. The van der Waals surface area contributed by atoms with E-state index in [9.17, 15) is 9.59 Å². The predicted molar refractivity (Wildman–Crippen MR) is 149 cm³/mol. The number of hydrogen-bond acceptors (Lipinski definition) is 4. The molecule has 2 aliphatic rings. The maximum absolute atomic E-state index is 15.4. The first-order chi connectivity index (χ1) is 17.9. The van der Waals surface area contributed by atoms with Crippen molar-refractivity contribution in [1.82, 2.24) is 15.2 Å². The van der Waals surface area contributed by atoms with Crippen LogP contribution in [-0.2, 0) is 9.59 Å². The van der Waals surface area contributed by atoms with Gasteiger partial charge in [0.2, 0.25) is 0 Å². The van der Waals surface area contributed by atoms with Crippen molar-refractivity contribution in [3.8, 4) is 0 Å².